The molecule has 0 aliphatic rings. The summed E-state index contributed by atoms with van der Waals surface area (Å²) >= 11 is 5.97. The van der Waals surface area contributed by atoms with Crippen LogP contribution in [0, 0.1) is 11.5 Å². The van der Waals surface area contributed by atoms with Gasteiger partial charge in [-0.25, -0.2) is 4.79 Å². The molecule has 2 N–H and O–H groups in total. The van der Waals surface area contributed by atoms with Gasteiger partial charge in [0.2, 0.25) is 0 Å². The van der Waals surface area contributed by atoms with Crippen molar-refractivity contribution in [1.29, 1.82) is 0 Å². The number of hydrogen-bond acceptors (Lipinski definition) is 2. The fourth-order valence-electron chi connectivity index (χ4n) is 1.64. The average Bonchev–Trinajstić information content (AvgIpc) is 2.45. The first-order chi connectivity index (χ1) is 11.0. The van der Waals surface area contributed by atoms with Gasteiger partial charge in [0.05, 0.1) is 10.6 Å². The highest BCUT2D eigenvalue weighted by atomic mass is 35.5. The van der Waals surface area contributed by atoms with E-state index in [2.05, 4.69) is 50.6 Å². The fourth-order valence-corrected chi connectivity index (χ4v) is 2.78. The van der Waals surface area contributed by atoms with Crippen molar-refractivity contribution < 1.29 is 14.7 Å². The third kappa shape index (κ3) is 5.40. The summed E-state index contributed by atoms with van der Waals surface area (Å²) in [6, 6.07) is 5.46. The Balaban J connectivity index is 2.86. The zero-order valence-electron chi connectivity index (χ0n) is 14.7. The average molecular weight is 366 g/mol. The first kappa shape index (κ1) is 20.3. The van der Waals surface area contributed by atoms with E-state index in [0.29, 0.717) is 0 Å². The molecule has 1 amide bonds. The summed E-state index contributed by atoms with van der Waals surface area (Å²) in [6.45, 7) is 10.7. The minimum absolute atomic E-state index is 0.0675. The van der Waals surface area contributed by atoms with E-state index in [-0.39, 0.29) is 22.0 Å². The number of carbonyl (C=O) groups is 2. The maximum absolute atomic E-state index is 12.2. The largest absolute Gasteiger partial charge is 0.480 e. The van der Waals surface area contributed by atoms with Crippen molar-refractivity contribution in [1.82, 2.24) is 5.32 Å². The Morgan fingerprint density at radius 1 is 1.29 bits per heavy atom. The SMILES string of the molecule is CC(C)(C)[Si](C)(C)C#CC[C@H](NC(=O)c1ccccc1Cl)C(=O)O. The van der Waals surface area contributed by atoms with E-state index in [4.69, 9.17) is 11.6 Å². The summed E-state index contributed by atoms with van der Waals surface area (Å²) in [7, 11) is -1.81. The minimum atomic E-state index is -1.81. The van der Waals surface area contributed by atoms with Gasteiger partial charge in [-0.3, -0.25) is 4.79 Å². The molecule has 1 rings (SSSR count). The molecular weight excluding hydrogens is 342 g/mol. The Morgan fingerprint density at radius 2 is 1.88 bits per heavy atom. The molecule has 0 aliphatic carbocycles. The number of nitrogens with one attached hydrogen (secondary N) is 1. The van der Waals surface area contributed by atoms with Crippen molar-refractivity contribution in [2.24, 2.45) is 0 Å². The molecule has 1 atom stereocenters. The van der Waals surface area contributed by atoms with Crippen molar-refractivity contribution in [3.63, 3.8) is 0 Å². The number of benzene rings is 1. The van der Waals surface area contributed by atoms with Gasteiger partial charge in [0.25, 0.3) is 5.91 Å². The number of amides is 1. The van der Waals surface area contributed by atoms with E-state index in [1.807, 2.05) is 0 Å². The Kier molecular flexibility index (Phi) is 6.64. The molecule has 0 unspecified atom stereocenters. The number of hydrogen-bond donors (Lipinski definition) is 2. The topological polar surface area (TPSA) is 66.4 Å². The molecule has 0 heterocycles. The van der Waals surface area contributed by atoms with E-state index < -0.39 is 26.0 Å². The monoisotopic (exact) mass is 365 g/mol. The van der Waals surface area contributed by atoms with Crippen LogP contribution in [-0.4, -0.2) is 31.1 Å². The summed E-state index contributed by atoms with van der Waals surface area (Å²) < 4.78 is 0. The number of halogens is 1. The number of carbonyl (C=O) groups excluding carboxylic acids is 1. The van der Waals surface area contributed by atoms with Crippen LogP contribution in [-0.2, 0) is 4.79 Å². The van der Waals surface area contributed by atoms with Crippen molar-refractivity contribution in [3.8, 4) is 11.5 Å². The van der Waals surface area contributed by atoms with Crippen LogP contribution in [0.3, 0.4) is 0 Å². The number of carboxylic acid groups (broad SMARTS) is 1. The molecule has 24 heavy (non-hydrogen) atoms. The number of rotatable bonds is 4. The predicted octanol–water partition coefficient (Wildman–Crippen LogP) is 3.96. The molecule has 0 fully saturated rings. The Labute approximate surface area is 149 Å². The van der Waals surface area contributed by atoms with Gasteiger partial charge >= 0.3 is 5.97 Å². The molecule has 0 bridgehead atoms. The summed E-state index contributed by atoms with van der Waals surface area (Å²) in [4.78, 5) is 23.6. The van der Waals surface area contributed by atoms with Crippen molar-refractivity contribution in [3.05, 3.63) is 34.9 Å². The zero-order valence-corrected chi connectivity index (χ0v) is 16.5. The van der Waals surface area contributed by atoms with Crippen LogP contribution in [0.25, 0.3) is 0 Å². The standard InChI is InChI=1S/C18H24ClNO3Si/c1-18(2,3)24(4,5)12-8-11-15(17(22)23)20-16(21)13-9-6-7-10-14(13)19/h6-7,9-10,15H,11H2,1-5H3,(H,20,21)(H,22,23)/t15-/m0/s1. The summed E-state index contributed by atoms with van der Waals surface area (Å²) in [5.41, 5.74) is 3.51. The lowest BCUT2D eigenvalue weighted by Gasteiger charge is -2.31. The van der Waals surface area contributed by atoms with E-state index in [9.17, 15) is 14.7 Å². The normalized spacial score (nSPS) is 12.8. The number of aliphatic carboxylic acids is 1. The number of carboxylic acids is 1. The first-order valence-corrected chi connectivity index (χ1v) is 11.1. The molecular formula is C18H24ClNO3Si. The lowest BCUT2D eigenvalue weighted by atomic mass is 10.1. The van der Waals surface area contributed by atoms with Gasteiger partial charge in [0.15, 0.2) is 0 Å². The Morgan fingerprint density at radius 3 is 2.38 bits per heavy atom. The molecule has 0 spiro atoms. The van der Waals surface area contributed by atoms with Crippen molar-refractivity contribution in [2.75, 3.05) is 0 Å². The van der Waals surface area contributed by atoms with E-state index in [0.717, 1.165) is 0 Å². The van der Waals surface area contributed by atoms with Crippen molar-refractivity contribution in [2.45, 2.75) is 51.4 Å². The zero-order chi connectivity index (χ0) is 18.5. The molecule has 4 nitrogen and oxygen atoms in total. The van der Waals surface area contributed by atoms with Crippen LogP contribution in [0.5, 0.6) is 0 Å². The highest BCUT2D eigenvalue weighted by molar-refractivity contribution is 6.87. The summed E-state index contributed by atoms with van der Waals surface area (Å²) in [6.07, 6.45) is 0.0675. The van der Waals surface area contributed by atoms with E-state index in [1.165, 1.54) is 0 Å². The van der Waals surface area contributed by atoms with Crippen LogP contribution < -0.4 is 5.32 Å². The molecule has 6 heteroatoms. The Bertz CT molecular complexity index is 683. The van der Waals surface area contributed by atoms with Gasteiger partial charge in [0, 0.05) is 6.42 Å². The van der Waals surface area contributed by atoms with Gasteiger partial charge < -0.3 is 10.4 Å². The quantitative estimate of drug-likeness (QED) is 0.626. The molecule has 1 aromatic rings. The van der Waals surface area contributed by atoms with Gasteiger partial charge in [0.1, 0.15) is 14.1 Å². The third-order valence-corrected chi connectivity index (χ3v) is 9.19. The molecule has 1 aromatic carbocycles. The molecule has 0 aromatic heterocycles. The van der Waals surface area contributed by atoms with Gasteiger partial charge in [-0.15, -0.1) is 11.5 Å². The van der Waals surface area contributed by atoms with Crippen molar-refractivity contribution >= 4 is 31.6 Å². The molecule has 0 radical (unpaired) electrons. The van der Waals surface area contributed by atoms with Crippen LogP contribution >= 0.6 is 11.6 Å². The van der Waals surface area contributed by atoms with Crippen LogP contribution in [0.2, 0.25) is 23.2 Å². The Hall–Kier alpha value is -1.77. The molecule has 0 saturated heterocycles. The highest BCUT2D eigenvalue weighted by Crippen LogP contribution is 2.35. The third-order valence-electron chi connectivity index (χ3n) is 4.30. The highest BCUT2D eigenvalue weighted by Gasteiger charge is 2.33. The lowest BCUT2D eigenvalue weighted by molar-refractivity contribution is -0.139. The second-order valence-corrected chi connectivity index (χ2v) is 12.6. The predicted molar refractivity (Wildman–Crippen MR) is 99.9 cm³/mol. The summed E-state index contributed by atoms with van der Waals surface area (Å²) in [5, 5.41) is 12.2. The first-order valence-electron chi connectivity index (χ1n) is 7.74. The molecule has 0 saturated carbocycles. The minimum Gasteiger partial charge on any atom is -0.480 e. The maximum atomic E-state index is 12.2. The second kappa shape index (κ2) is 7.87. The fraction of sp³-hybridized carbons (Fsp3) is 0.444. The smallest absolute Gasteiger partial charge is 0.327 e. The second-order valence-electron chi connectivity index (χ2n) is 7.23. The molecule has 0 aliphatic heterocycles. The van der Waals surface area contributed by atoms with Gasteiger partial charge in [-0.2, -0.15) is 0 Å². The van der Waals surface area contributed by atoms with Crippen LogP contribution in [0.4, 0.5) is 0 Å². The summed E-state index contributed by atoms with van der Waals surface area (Å²) in [5.74, 6) is 1.35. The van der Waals surface area contributed by atoms with E-state index in [1.54, 1.807) is 24.3 Å². The van der Waals surface area contributed by atoms with E-state index >= 15 is 0 Å². The van der Waals surface area contributed by atoms with Gasteiger partial charge in [-0.1, -0.05) is 57.6 Å². The van der Waals surface area contributed by atoms with Crippen LogP contribution in [0.15, 0.2) is 24.3 Å². The van der Waals surface area contributed by atoms with Crippen LogP contribution in [0.1, 0.15) is 37.6 Å². The van der Waals surface area contributed by atoms with Gasteiger partial charge in [-0.05, 0) is 17.2 Å². The maximum Gasteiger partial charge on any atom is 0.327 e. The lowest BCUT2D eigenvalue weighted by Crippen LogP contribution is -2.41. The molecule has 130 valence electrons.